The van der Waals surface area contributed by atoms with Gasteiger partial charge in [0.05, 0.1) is 6.54 Å². The lowest BCUT2D eigenvalue weighted by atomic mass is 10.1. The minimum atomic E-state index is 0.0518. The van der Waals surface area contributed by atoms with Crippen molar-refractivity contribution in [2.24, 2.45) is 5.73 Å². The molecule has 0 saturated carbocycles. The van der Waals surface area contributed by atoms with Gasteiger partial charge in [0.15, 0.2) is 0 Å². The molecular weight excluding hydrogens is 226 g/mol. The summed E-state index contributed by atoms with van der Waals surface area (Å²) in [7, 11) is 1.87. The van der Waals surface area contributed by atoms with Gasteiger partial charge in [0.1, 0.15) is 0 Å². The third-order valence-corrected chi connectivity index (χ3v) is 3.46. The molecule has 0 aliphatic carbocycles. The van der Waals surface area contributed by atoms with E-state index in [9.17, 15) is 4.79 Å². The van der Waals surface area contributed by atoms with E-state index in [1.807, 2.05) is 26.1 Å². The van der Waals surface area contributed by atoms with E-state index >= 15 is 0 Å². The highest BCUT2D eigenvalue weighted by molar-refractivity contribution is 5.81. The molecule has 1 atom stereocenters. The molecule has 1 amide bonds. The van der Waals surface area contributed by atoms with Gasteiger partial charge in [-0.15, -0.1) is 0 Å². The van der Waals surface area contributed by atoms with Gasteiger partial charge in [-0.25, -0.2) is 0 Å². The second-order valence-electron chi connectivity index (χ2n) is 4.97. The largest absolute Gasteiger partial charge is 0.362 e. The van der Waals surface area contributed by atoms with Crippen molar-refractivity contribution in [3.05, 3.63) is 29.8 Å². The van der Waals surface area contributed by atoms with Crippen LogP contribution in [0.25, 0.3) is 0 Å². The van der Waals surface area contributed by atoms with Crippen LogP contribution in [-0.2, 0) is 4.79 Å². The minimum Gasteiger partial charge on any atom is -0.362 e. The van der Waals surface area contributed by atoms with Crippen molar-refractivity contribution < 1.29 is 4.79 Å². The number of carbonyl (C=O) groups excluding carboxylic acids is 1. The highest BCUT2D eigenvalue weighted by Gasteiger charge is 2.18. The fourth-order valence-corrected chi connectivity index (χ4v) is 2.20. The zero-order valence-corrected chi connectivity index (χ0v) is 11.1. The fraction of sp³-hybridized carbons (Fsp3) is 0.500. The fourth-order valence-electron chi connectivity index (χ4n) is 2.20. The molecule has 98 valence electrons. The van der Waals surface area contributed by atoms with Crippen molar-refractivity contribution >= 4 is 11.6 Å². The minimum absolute atomic E-state index is 0.0518. The SMILES string of the molecule is C[C@H](N)c1ccc(N2CCCN(C)C(=O)C2)cc1. The first-order valence-corrected chi connectivity index (χ1v) is 6.42. The molecule has 2 rings (SSSR count). The van der Waals surface area contributed by atoms with Crippen molar-refractivity contribution in [1.82, 2.24) is 4.90 Å². The van der Waals surface area contributed by atoms with Gasteiger partial charge in [0.2, 0.25) is 5.91 Å². The number of rotatable bonds is 2. The third kappa shape index (κ3) is 2.82. The number of likely N-dealkylation sites (N-methyl/N-ethyl adjacent to an activating group) is 1. The first kappa shape index (κ1) is 12.9. The van der Waals surface area contributed by atoms with Crippen LogP contribution in [0.4, 0.5) is 5.69 Å². The number of nitrogens with zero attached hydrogens (tertiary/aromatic N) is 2. The van der Waals surface area contributed by atoms with Gasteiger partial charge in [-0.05, 0) is 31.0 Å². The monoisotopic (exact) mass is 247 g/mol. The van der Waals surface area contributed by atoms with Crippen LogP contribution in [0.3, 0.4) is 0 Å². The molecule has 4 nitrogen and oxygen atoms in total. The summed E-state index contributed by atoms with van der Waals surface area (Å²) < 4.78 is 0. The van der Waals surface area contributed by atoms with Crippen molar-refractivity contribution in [2.45, 2.75) is 19.4 Å². The predicted octanol–water partition coefficient (Wildman–Crippen LogP) is 1.37. The Hall–Kier alpha value is -1.55. The highest BCUT2D eigenvalue weighted by Crippen LogP contribution is 2.19. The molecule has 1 heterocycles. The Labute approximate surface area is 108 Å². The van der Waals surface area contributed by atoms with Gasteiger partial charge in [0, 0.05) is 31.9 Å². The summed E-state index contributed by atoms with van der Waals surface area (Å²) >= 11 is 0. The molecule has 0 spiro atoms. The Morgan fingerprint density at radius 1 is 1.22 bits per heavy atom. The maximum Gasteiger partial charge on any atom is 0.241 e. The normalized spacial score (nSPS) is 18.7. The summed E-state index contributed by atoms with van der Waals surface area (Å²) in [5.41, 5.74) is 8.06. The second-order valence-corrected chi connectivity index (χ2v) is 4.97. The van der Waals surface area contributed by atoms with E-state index in [1.54, 1.807) is 4.90 Å². The zero-order chi connectivity index (χ0) is 13.1. The van der Waals surface area contributed by atoms with E-state index in [1.165, 1.54) is 0 Å². The smallest absolute Gasteiger partial charge is 0.241 e. The van der Waals surface area contributed by atoms with Gasteiger partial charge in [0.25, 0.3) is 0 Å². The molecule has 1 fully saturated rings. The average molecular weight is 247 g/mol. The lowest BCUT2D eigenvalue weighted by molar-refractivity contribution is -0.127. The lowest BCUT2D eigenvalue weighted by Crippen LogP contribution is -2.34. The van der Waals surface area contributed by atoms with Crippen LogP contribution in [0, 0.1) is 0 Å². The Morgan fingerprint density at radius 3 is 2.50 bits per heavy atom. The number of carbonyl (C=O) groups is 1. The second kappa shape index (κ2) is 5.40. The molecule has 0 radical (unpaired) electrons. The molecular formula is C14H21N3O. The lowest BCUT2D eigenvalue weighted by Gasteiger charge is -2.22. The van der Waals surface area contributed by atoms with Crippen LogP contribution in [0.5, 0.6) is 0 Å². The van der Waals surface area contributed by atoms with Crippen molar-refractivity contribution in [3.63, 3.8) is 0 Å². The summed E-state index contributed by atoms with van der Waals surface area (Å²) in [4.78, 5) is 15.8. The van der Waals surface area contributed by atoms with E-state index < -0.39 is 0 Å². The van der Waals surface area contributed by atoms with Crippen molar-refractivity contribution in [2.75, 3.05) is 31.6 Å². The van der Waals surface area contributed by atoms with Gasteiger partial charge >= 0.3 is 0 Å². The maximum atomic E-state index is 11.8. The quantitative estimate of drug-likeness (QED) is 0.859. The molecule has 0 bridgehead atoms. The van der Waals surface area contributed by atoms with Crippen molar-refractivity contribution in [3.8, 4) is 0 Å². The van der Waals surface area contributed by atoms with Crippen LogP contribution in [0.1, 0.15) is 24.9 Å². The van der Waals surface area contributed by atoms with E-state index in [4.69, 9.17) is 5.73 Å². The molecule has 0 unspecified atom stereocenters. The summed E-state index contributed by atoms with van der Waals surface area (Å²) in [5, 5.41) is 0. The number of nitrogens with two attached hydrogens (primary N) is 1. The van der Waals surface area contributed by atoms with Crippen LogP contribution in [0.2, 0.25) is 0 Å². The Bertz CT molecular complexity index is 414. The first-order chi connectivity index (χ1) is 8.58. The maximum absolute atomic E-state index is 11.8. The molecule has 1 aromatic rings. The van der Waals surface area contributed by atoms with E-state index in [-0.39, 0.29) is 11.9 Å². The Morgan fingerprint density at radius 2 is 1.89 bits per heavy atom. The predicted molar refractivity (Wildman–Crippen MR) is 73.5 cm³/mol. The van der Waals surface area contributed by atoms with Crippen LogP contribution in [-0.4, -0.2) is 37.5 Å². The summed E-state index contributed by atoms with van der Waals surface area (Å²) in [6.45, 7) is 4.20. The van der Waals surface area contributed by atoms with Crippen LogP contribution < -0.4 is 10.6 Å². The Kier molecular flexibility index (Phi) is 3.87. The van der Waals surface area contributed by atoms with E-state index in [0.29, 0.717) is 6.54 Å². The highest BCUT2D eigenvalue weighted by atomic mass is 16.2. The number of hydrogen-bond acceptors (Lipinski definition) is 3. The molecule has 1 saturated heterocycles. The molecule has 4 heteroatoms. The van der Waals surface area contributed by atoms with Gasteiger partial charge in [-0.3, -0.25) is 4.79 Å². The average Bonchev–Trinajstić information content (AvgIpc) is 2.52. The molecule has 18 heavy (non-hydrogen) atoms. The number of hydrogen-bond donors (Lipinski definition) is 1. The summed E-state index contributed by atoms with van der Waals surface area (Å²) in [6, 6.07) is 8.24. The molecule has 1 aromatic carbocycles. The zero-order valence-electron chi connectivity index (χ0n) is 11.1. The van der Waals surface area contributed by atoms with E-state index in [2.05, 4.69) is 17.0 Å². The molecule has 2 N–H and O–H groups in total. The number of benzene rings is 1. The Balaban J connectivity index is 2.13. The molecule has 0 aromatic heterocycles. The van der Waals surface area contributed by atoms with Gasteiger partial charge in [-0.1, -0.05) is 12.1 Å². The first-order valence-electron chi connectivity index (χ1n) is 6.42. The number of anilines is 1. The van der Waals surface area contributed by atoms with Crippen molar-refractivity contribution in [1.29, 1.82) is 0 Å². The summed E-state index contributed by atoms with van der Waals surface area (Å²) in [6.07, 6.45) is 1.01. The van der Waals surface area contributed by atoms with Gasteiger partial charge in [-0.2, -0.15) is 0 Å². The van der Waals surface area contributed by atoms with E-state index in [0.717, 1.165) is 30.8 Å². The third-order valence-electron chi connectivity index (χ3n) is 3.46. The number of amides is 1. The molecule has 1 aliphatic rings. The standard InChI is InChI=1S/C14H21N3O/c1-11(15)12-4-6-13(7-5-12)17-9-3-8-16(2)14(18)10-17/h4-7,11H,3,8-10,15H2,1-2H3/t11-/m0/s1. The summed E-state index contributed by atoms with van der Waals surface area (Å²) in [5.74, 6) is 0.184. The molecule has 1 aliphatic heterocycles. The van der Waals surface area contributed by atoms with Gasteiger partial charge < -0.3 is 15.5 Å². The van der Waals surface area contributed by atoms with Crippen LogP contribution >= 0.6 is 0 Å². The van der Waals surface area contributed by atoms with Crippen LogP contribution in [0.15, 0.2) is 24.3 Å². The topological polar surface area (TPSA) is 49.6 Å².